The van der Waals surface area contributed by atoms with E-state index in [0.29, 0.717) is 17.9 Å². The molecule has 168 valence electrons. The molecule has 11 heteroatoms. The number of likely N-dealkylation sites (tertiary alicyclic amines) is 1. The molecule has 1 atom stereocenters. The smallest absolute Gasteiger partial charge is 0.349 e. The normalized spacial score (nSPS) is 21.9. The molecule has 0 spiro atoms. The fraction of sp³-hybridized carbons (Fsp3) is 0.600. The van der Waals surface area contributed by atoms with Crippen LogP contribution >= 0.6 is 11.3 Å². The zero-order chi connectivity index (χ0) is 22.1. The first-order valence-corrected chi connectivity index (χ1v) is 11.2. The first kappa shape index (κ1) is 22.1. The molecule has 0 bridgehead atoms. The molecular formula is C20H25F3N6OS. The van der Waals surface area contributed by atoms with E-state index in [1.165, 1.54) is 12.4 Å². The Morgan fingerprint density at radius 3 is 2.58 bits per heavy atom. The Bertz CT molecular complexity index is 913. The van der Waals surface area contributed by atoms with Crippen LogP contribution in [0.15, 0.2) is 18.5 Å². The summed E-state index contributed by atoms with van der Waals surface area (Å²) in [5.41, 5.74) is 4.64. The van der Waals surface area contributed by atoms with E-state index < -0.39 is 22.7 Å². The van der Waals surface area contributed by atoms with E-state index in [9.17, 15) is 18.0 Å². The molecular weight excluding hydrogens is 429 g/mol. The summed E-state index contributed by atoms with van der Waals surface area (Å²) in [5.74, 6) is -0.702. The summed E-state index contributed by atoms with van der Waals surface area (Å²) in [6, 6.07) is 1.66. The Balaban J connectivity index is 1.56. The average molecular weight is 455 g/mol. The SMILES string of the molecule is N[C@@H]1CCN(C2(CNC(=O)c3sc(-c4ncccn4)nc3C(F)(F)F)CCCCC2)C1. The number of rotatable bonds is 5. The van der Waals surface area contributed by atoms with Gasteiger partial charge in [-0.1, -0.05) is 19.3 Å². The lowest BCUT2D eigenvalue weighted by atomic mass is 9.80. The van der Waals surface area contributed by atoms with Crippen molar-refractivity contribution in [2.45, 2.75) is 56.3 Å². The van der Waals surface area contributed by atoms with Crippen molar-refractivity contribution < 1.29 is 18.0 Å². The van der Waals surface area contributed by atoms with E-state index in [2.05, 4.69) is 25.2 Å². The minimum absolute atomic E-state index is 0.0315. The second-order valence-corrected chi connectivity index (χ2v) is 9.23. The van der Waals surface area contributed by atoms with E-state index in [1.807, 2.05) is 0 Å². The number of halogens is 3. The lowest BCUT2D eigenvalue weighted by molar-refractivity contribution is -0.141. The van der Waals surface area contributed by atoms with Gasteiger partial charge in [0, 0.05) is 43.6 Å². The summed E-state index contributed by atoms with van der Waals surface area (Å²) in [4.78, 5) is 26.3. The summed E-state index contributed by atoms with van der Waals surface area (Å²) in [6.07, 6.45) is 3.98. The van der Waals surface area contributed by atoms with Gasteiger partial charge in [0.25, 0.3) is 5.91 Å². The number of carbonyl (C=O) groups is 1. The number of amides is 1. The highest BCUT2D eigenvalue weighted by atomic mass is 32.1. The molecule has 2 fully saturated rings. The fourth-order valence-corrected chi connectivity index (χ4v) is 5.48. The van der Waals surface area contributed by atoms with Gasteiger partial charge in [-0.2, -0.15) is 13.2 Å². The molecule has 4 rings (SSSR count). The maximum Gasteiger partial charge on any atom is 0.435 e. The van der Waals surface area contributed by atoms with Gasteiger partial charge in [-0.25, -0.2) is 15.0 Å². The van der Waals surface area contributed by atoms with Crippen LogP contribution in [-0.4, -0.2) is 57.0 Å². The van der Waals surface area contributed by atoms with Gasteiger partial charge in [-0.3, -0.25) is 9.69 Å². The third-order valence-electron chi connectivity index (χ3n) is 6.12. The van der Waals surface area contributed by atoms with Crippen LogP contribution in [0.4, 0.5) is 13.2 Å². The molecule has 3 heterocycles. The lowest BCUT2D eigenvalue weighted by Crippen LogP contribution is -2.56. The zero-order valence-corrected chi connectivity index (χ0v) is 17.8. The molecule has 2 aromatic rings. The molecule has 0 unspecified atom stereocenters. The number of hydrogen-bond acceptors (Lipinski definition) is 7. The van der Waals surface area contributed by atoms with Crippen LogP contribution in [0.1, 0.15) is 53.9 Å². The summed E-state index contributed by atoms with van der Waals surface area (Å²) in [7, 11) is 0. The maximum atomic E-state index is 13.6. The van der Waals surface area contributed by atoms with Gasteiger partial charge < -0.3 is 11.1 Å². The largest absolute Gasteiger partial charge is 0.435 e. The molecule has 31 heavy (non-hydrogen) atoms. The van der Waals surface area contributed by atoms with Crippen molar-refractivity contribution >= 4 is 17.2 Å². The number of thiazole rings is 1. The molecule has 3 N–H and O–H groups in total. The summed E-state index contributed by atoms with van der Waals surface area (Å²) in [6.45, 7) is 1.89. The Morgan fingerprint density at radius 1 is 1.26 bits per heavy atom. The van der Waals surface area contributed by atoms with Crippen molar-refractivity contribution in [1.82, 2.24) is 25.2 Å². The van der Waals surface area contributed by atoms with Crippen LogP contribution in [0, 0.1) is 0 Å². The van der Waals surface area contributed by atoms with Gasteiger partial charge in [0.1, 0.15) is 4.88 Å². The van der Waals surface area contributed by atoms with E-state index in [0.717, 1.165) is 51.6 Å². The number of aromatic nitrogens is 3. The molecule has 1 amide bonds. The average Bonchev–Trinajstić information content (AvgIpc) is 3.40. The van der Waals surface area contributed by atoms with Gasteiger partial charge in [-0.05, 0) is 25.3 Å². The van der Waals surface area contributed by atoms with Gasteiger partial charge in [-0.15, -0.1) is 11.3 Å². The van der Waals surface area contributed by atoms with Crippen LogP contribution in [-0.2, 0) is 6.18 Å². The zero-order valence-electron chi connectivity index (χ0n) is 17.0. The fourth-order valence-electron chi connectivity index (χ4n) is 4.53. The monoisotopic (exact) mass is 454 g/mol. The minimum atomic E-state index is -4.75. The maximum absolute atomic E-state index is 13.6. The van der Waals surface area contributed by atoms with Gasteiger partial charge >= 0.3 is 6.18 Å². The Hall–Kier alpha value is -2.11. The summed E-state index contributed by atoms with van der Waals surface area (Å²) < 4.78 is 40.8. The molecule has 0 aromatic carbocycles. The van der Waals surface area contributed by atoms with E-state index in [-0.39, 0.29) is 22.4 Å². The lowest BCUT2D eigenvalue weighted by Gasteiger charge is -2.45. The molecule has 1 aliphatic heterocycles. The first-order chi connectivity index (χ1) is 14.8. The predicted molar refractivity (Wildman–Crippen MR) is 110 cm³/mol. The van der Waals surface area contributed by atoms with Crippen molar-refractivity contribution in [3.8, 4) is 10.8 Å². The second-order valence-electron chi connectivity index (χ2n) is 8.23. The number of nitrogens with two attached hydrogens (primary N) is 1. The highest BCUT2D eigenvalue weighted by Gasteiger charge is 2.43. The highest BCUT2D eigenvalue weighted by molar-refractivity contribution is 7.17. The Kier molecular flexibility index (Phi) is 6.27. The quantitative estimate of drug-likeness (QED) is 0.721. The molecule has 0 radical (unpaired) electrons. The molecule has 1 saturated heterocycles. The molecule has 1 aliphatic carbocycles. The summed E-state index contributed by atoms with van der Waals surface area (Å²) >= 11 is 0.664. The Morgan fingerprint density at radius 2 is 1.97 bits per heavy atom. The van der Waals surface area contributed by atoms with Crippen molar-refractivity contribution in [3.05, 3.63) is 29.0 Å². The number of hydrogen-bond donors (Lipinski definition) is 2. The minimum Gasteiger partial charge on any atom is -0.349 e. The van der Waals surface area contributed by atoms with Crippen molar-refractivity contribution in [2.24, 2.45) is 5.73 Å². The van der Waals surface area contributed by atoms with Gasteiger partial charge in [0.05, 0.1) is 0 Å². The van der Waals surface area contributed by atoms with Crippen LogP contribution in [0.2, 0.25) is 0 Å². The molecule has 2 aliphatic rings. The molecule has 2 aromatic heterocycles. The number of carbonyl (C=O) groups excluding carboxylic acids is 1. The third-order valence-corrected chi connectivity index (χ3v) is 7.17. The topological polar surface area (TPSA) is 97.0 Å². The van der Waals surface area contributed by atoms with Crippen molar-refractivity contribution in [3.63, 3.8) is 0 Å². The first-order valence-electron chi connectivity index (χ1n) is 10.4. The molecule has 7 nitrogen and oxygen atoms in total. The molecule has 1 saturated carbocycles. The number of alkyl halides is 3. The second kappa shape index (κ2) is 8.79. The van der Waals surface area contributed by atoms with Crippen LogP contribution in [0.5, 0.6) is 0 Å². The van der Waals surface area contributed by atoms with Crippen molar-refractivity contribution in [1.29, 1.82) is 0 Å². The van der Waals surface area contributed by atoms with Crippen LogP contribution < -0.4 is 11.1 Å². The van der Waals surface area contributed by atoms with Crippen molar-refractivity contribution in [2.75, 3.05) is 19.6 Å². The standard InChI is InChI=1S/C20H25F3N6OS/c21-20(22,23)15-14(31-18(28-15)16-25-8-4-9-26-16)17(30)27-12-19(6-2-1-3-7-19)29-10-5-13(24)11-29/h4,8-9,13H,1-3,5-7,10-12,24H2,(H,27,30)/t13-/m1/s1. The van der Waals surface area contributed by atoms with Crippen LogP contribution in [0.25, 0.3) is 10.8 Å². The Labute approximate surface area is 182 Å². The van der Waals surface area contributed by atoms with Gasteiger partial charge in [0.2, 0.25) is 0 Å². The van der Waals surface area contributed by atoms with Gasteiger partial charge in [0.15, 0.2) is 16.5 Å². The third kappa shape index (κ3) is 4.73. The number of nitrogens with one attached hydrogen (secondary N) is 1. The number of nitrogens with zero attached hydrogens (tertiary/aromatic N) is 4. The van der Waals surface area contributed by atoms with E-state index >= 15 is 0 Å². The summed E-state index contributed by atoms with van der Waals surface area (Å²) in [5, 5.41) is 2.76. The highest BCUT2D eigenvalue weighted by Crippen LogP contribution is 2.38. The van der Waals surface area contributed by atoms with Crippen LogP contribution in [0.3, 0.4) is 0 Å². The van der Waals surface area contributed by atoms with E-state index in [1.54, 1.807) is 6.07 Å². The predicted octanol–water partition coefficient (Wildman–Crippen LogP) is 3.08. The van der Waals surface area contributed by atoms with E-state index in [4.69, 9.17) is 5.73 Å².